The minimum Gasteiger partial charge on any atom is -0.495 e. The minimum atomic E-state index is -4.54. The number of thioether (sulfide) groups is 1. The number of rotatable bonds is 9. The number of nitrogens with zero attached hydrogens (tertiary/aromatic N) is 2. The number of halogens is 4. The van der Waals surface area contributed by atoms with Gasteiger partial charge >= 0.3 is 5.51 Å². The molecule has 0 radical (unpaired) electrons. The van der Waals surface area contributed by atoms with E-state index in [1.165, 1.54) is 23.8 Å². The number of pyridine rings is 1. The van der Waals surface area contributed by atoms with Crippen LogP contribution in [-0.2, 0) is 0 Å². The number of alkyl halides is 4. The monoisotopic (exact) mass is 607 g/mol. The first-order chi connectivity index (χ1) is 19.9. The van der Waals surface area contributed by atoms with Crippen molar-refractivity contribution in [3.8, 4) is 17.6 Å². The Labute approximate surface area is 245 Å². The first-order valence-corrected chi connectivity index (χ1v) is 14.1. The van der Waals surface area contributed by atoms with E-state index in [1.54, 1.807) is 37.3 Å². The summed E-state index contributed by atoms with van der Waals surface area (Å²) in [6, 6.07) is 9.22. The number of aliphatic hydroxyl groups excluding tert-OH is 1. The van der Waals surface area contributed by atoms with Crippen LogP contribution in [0.5, 0.6) is 5.75 Å². The number of hydrogen-bond donors (Lipinski definition) is 4. The van der Waals surface area contributed by atoms with Gasteiger partial charge in [-0.15, -0.1) is 0 Å². The van der Waals surface area contributed by atoms with Gasteiger partial charge in [-0.25, -0.2) is 4.39 Å². The maximum atomic E-state index is 14.7. The third kappa shape index (κ3) is 8.02. The highest BCUT2D eigenvalue weighted by Gasteiger charge is 2.33. The lowest BCUT2D eigenvalue weighted by atomic mass is 10.0. The molecule has 3 aromatic rings. The molecule has 0 unspecified atom stereocenters. The largest absolute Gasteiger partial charge is 0.495 e. The molecular weight excluding hydrogens is 574 g/mol. The summed E-state index contributed by atoms with van der Waals surface area (Å²) in [5.41, 5.74) is -2.48. The number of hydrogen-bond acceptors (Lipinski definition) is 7. The number of anilines is 2. The van der Waals surface area contributed by atoms with Crippen molar-refractivity contribution >= 4 is 34.6 Å². The van der Waals surface area contributed by atoms with Gasteiger partial charge in [-0.05, 0) is 56.8 Å². The zero-order valence-electron chi connectivity index (χ0n) is 23.4. The van der Waals surface area contributed by atoms with E-state index in [0.717, 1.165) is 0 Å². The molecule has 1 saturated heterocycles. The average Bonchev–Trinajstić information content (AvgIpc) is 3.27. The average molecular weight is 608 g/mol. The molecule has 0 saturated carbocycles. The number of carbonyl (C=O) groups is 1. The fourth-order valence-corrected chi connectivity index (χ4v) is 5.31. The van der Waals surface area contributed by atoms with Gasteiger partial charge in [0.1, 0.15) is 16.9 Å². The van der Waals surface area contributed by atoms with Crippen molar-refractivity contribution in [1.29, 1.82) is 0 Å². The molecular formula is C29H33F4N5O3S. The predicted molar refractivity (Wildman–Crippen MR) is 156 cm³/mol. The molecule has 1 amide bonds. The van der Waals surface area contributed by atoms with Gasteiger partial charge in [0.05, 0.1) is 48.3 Å². The van der Waals surface area contributed by atoms with E-state index in [9.17, 15) is 27.5 Å². The molecule has 0 aliphatic carbocycles. The summed E-state index contributed by atoms with van der Waals surface area (Å²) in [4.78, 5) is 14.2. The summed E-state index contributed by atoms with van der Waals surface area (Å²) in [5.74, 6) is 5.71. The number of ether oxygens (including phenoxy) is 1. The molecule has 1 fully saturated rings. The maximum Gasteiger partial charge on any atom is 0.447 e. The lowest BCUT2D eigenvalue weighted by Crippen LogP contribution is -2.46. The number of benzene rings is 1. The molecule has 3 heterocycles. The van der Waals surface area contributed by atoms with Crippen LogP contribution in [0.2, 0.25) is 0 Å². The summed E-state index contributed by atoms with van der Waals surface area (Å²) in [5, 5.41) is 18.1. The van der Waals surface area contributed by atoms with E-state index in [4.69, 9.17) is 4.74 Å². The van der Waals surface area contributed by atoms with Crippen LogP contribution in [-0.4, -0.2) is 84.5 Å². The number of aliphatic hydroxyl groups is 1. The standard InChI is InChI=1S/C29H33F4N5O3S/c1-18(39)16-35-27(40)19-8-9-24(26(15-19)41-3)34-11-4-6-20-14-25-23(36-22-10-13-37(2)17-21(22)30)7-5-12-38(25)28(20)42-29(31,32)33/h5,7-9,12,14-15,18,21-22,34,36,39H,10-11,13,16-17H2,1-3H3,(H,35,40)/t18-,21+,22-/m1/s1. The number of aromatic nitrogens is 1. The highest BCUT2D eigenvalue weighted by atomic mass is 32.2. The third-order valence-electron chi connectivity index (χ3n) is 6.67. The number of fused-ring (bicyclic) bond motifs is 1. The minimum absolute atomic E-state index is 0.0798. The molecule has 4 rings (SSSR count). The Balaban J connectivity index is 1.54. The second-order valence-electron chi connectivity index (χ2n) is 10.0. The zero-order valence-corrected chi connectivity index (χ0v) is 24.2. The highest BCUT2D eigenvalue weighted by molar-refractivity contribution is 8.00. The van der Waals surface area contributed by atoms with Gasteiger partial charge in [0, 0.05) is 43.2 Å². The summed E-state index contributed by atoms with van der Waals surface area (Å²) in [6.45, 7) is 2.74. The maximum absolute atomic E-state index is 14.7. The van der Waals surface area contributed by atoms with E-state index >= 15 is 0 Å². The number of methoxy groups -OCH3 is 1. The van der Waals surface area contributed by atoms with Crippen LogP contribution in [0.4, 0.5) is 28.9 Å². The second-order valence-corrected chi connectivity index (χ2v) is 11.1. The number of amides is 1. The van der Waals surface area contributed by atoms with Crippen LogP contribution < -0.4 is 20.7 Å². The number of nitrogens with one attached hydrogen (secondary N) is 3. The first-order valence-electron chi connectivity index (χ1n) is 13.3. The SMILES string of the molecule is COc1cc(C(=O)NC[C@@H](C)O)ccc1NCC#Cc1cc2c(N[C@@H]3CCN(C)C[C@@H]3F)cccn2c1SC(F)(F)F. The van der Waals surface area contributed by atoms with Crippen molar-refractivity contribution in [1.82, 2.24) is 14.6 Å². The van der Waals surface area contributed by atoms with Crippen molar-refractivity contribution in [2.24, 2.45) is 0 Å². The summed E-state index contributed by atoms with van der Waals surface area (Å²) >= 11 is -0.252. The third-order valence-corrected chi connectivity index (χ3v) is 7.52. The predicted octanol–water partition coefficient (Wildman–Crippen LogP) is 4.59. The van der Waals surface area contributed by atoms with Crippen LogP contribution in [0.25, 0.3) is 5.52 Å². The molecule has 0 bridgehead atoms. The van der Waals surface area contributed by atoms with Gasteiger partial charge in [0.2, 0.25) is 0 Å². The summed E-state index contributed by atoms with van der Waals surface area (Å²) in [7, 11) is 3.29. The molecule has 13 heteroatoms. The Bertz CT molecular complexity index is 1470. The van der Waals surface area contributed by atoms with Gasteiger partial charge in [-0.1, -0.05) is 11.8 Å². The van der Waals surface area contributed by atoms with Gasteiger partial charge in [-0.2, -0.15) is 13.2 Å². The number of likely N-dealkylation sites (tertiary alicyclic amines) is 1. The smallest absolute Gasteiger partial charge is 0.447 e. The van der Waals surface area contributed by atoms with Crippen LogP contribution in [0.3, 0.4) is 0 Å². The zero-order chi connectivity index (χ0) is 30.4. The lowest BCUT2D eigenvalue weighted by molar-refractivity contribution is -0.0329. The molecule has 4 N–H and O–H groups in total. The molecule has 2 aromatic heterocycles. The summed E-state index contributed by atoms with van der Waals surface area (Å²) < 4.78 is 62.0. The fraction of sp³-hybridized carbons (Fsp3) is 0.414. The highest BCUT2D eigenvalue weighted by Crippen LogP contribution is 2.41. The summed E-state index contributed by atoms with van der Waals surface area (Å²) in [6.07, 6.45) is 0.300. The van der Waals surface area contributed by atoms with Gasteiger partial charge in [-0.3, -0.25) is 4.79 Å². The Kier molecular flexibility index (Phi) is 10.1. The van der Waals surface area contributed by atoms with Crippen LogP contribution in [0.15, 0.2) is 47.6 Å². The van der Waals surface area contributed by atoms with E-state index in [-0.39, 0.29) is 47.9 Å². The molecule has 0 spiro atoms. The molecule has 226 valence electrons. The first kappa shape index (κ1) is 31.3. The number of carbonyl (C=O) groups excluding carboxylic acids is 1. The van der Waals surface area contributed by atoms with Crippen LogP contribution in [0.1, 0.15) is 29.3 Å². The van der Waals surface area contributed by atoms with Gasteiger partial charge in [0.25, 0.3) is 5.91 Å². The van der Waals surface area contributed by atoms with Crippen molar-refractivity contribution in [3.05, 3.63) is 53.7 Å². The van der Waals surface area contributed by atoms with Gasteiger partial charge < -0.3 is 35.1 Å². The Morgan fingerprint density at radius 1 is 1.26 bits per heavy atom. The van der Waals surface area contributed by atoms with E-state index in [1.807, 2.05) is 11.9 Å². The van der Waals surface area contributed by atoms with Gasteiger partial charge in [0.15, 0.2) is 0 Å². The van der Waals surface area contributed by atoms with E-state index < -0.39 is 23.8 Å². The molecule has 1 aromatic carbocycles. The van der Waals surface area contributed by atoms with E-state index in [2.05, 4.69) is 27.8 Å². The Hall–Kier alpha value is -3.60. The molecule has 1 aliphatic heterocycles. The van der Waals surface area contributed by atoms with E-state index in [0.29, 0.717) is 41.2 Å². The normalized spacial score (nSPS) is 18.2. The van der Waals surface area contributed by atoms with Crippen molar-refractivity contribution in [2.75, 3.05) is 51.0 Å². The van der Waals surface area contributed by atoms with Crippen molar-refractivity contribution < 1.29 is 32.2 Å². The van der Waals surface area contributed by atoms with Crippen molar-refractivity contribution in [3.63, 3.8) is 0 Å². The topological polar surface area (TPSA) is 90.3 Å². The molecule has 1 aliphatic rings. The Morgan fingerprint density at radius 3 is 2.74 bits per heavy atom. The number of piperidine rings is 1. The lowest BCUT2D eigenvalue weighted by Gasteiger charge is -2.33. The Morgan fingerprint density at radius 2 is 2.05 bits per heavy atom. The molecule has 8 nitrogen and oxygen atoms in total. The fourth-order valence-electron chi connectivity index (χ4n) is 4.62. The quantitative estimate of drug-likeness (QED) is 0.161. The molecule has 3 atom stereocenters. The second kappa shape index (κ2) is 13.6. The van der Waals surface area contributed by atoms with Crippen LogP contribution in [0, 0.1) is 11.8 Å². The molecule has 42 heavy (non-hydrogen) atoms. The van der Waals surface area contributed by atoms with Crippen molar-refractivity contribution in [2.45, 2.75) is 42.2 Å². The van der Waals surface area contributed by atoms with Crippen LogP contribution >= 0.6 is 11.8 Å².